The molecule has 4 N–H and O–H groups in total. The van der Waals surface area contributed by atoms with E-state index in [0.29, 0.717) is 11.5 Å². The SMILES string of the molecule is OC[C@H]1O[C@@H](n2cnc(-c3cn[nH]n3)n2)[C@@H](O)C1O. The van der Waals surface area contributed by atoms with E-state index >= 15 is 0 Å². The summed E-state index contributed by atoms with van der Waals surface area (Å²) in [6.45, 7) is -0.389. The number of ether oxygens (including phenoxy) is 1. The van der Waals surface area contributed by atoms with Crippen molar-refractivity contribution in [2.24, 2.45) is 0 Å². The molecule has 0 amide bonds. The van der Waals surface area contributed by atoms with Crippen LogP contribution in [0.2, 0.25) is 0 Å². The smallest absolute Gasteiger partial charge is 0.203 e. The lowest BCUT2D eigenvalue weighted by Crippen LogP contribution is -2.33. The van der Waals surface area contributed by atoms with Crippen LogP contribution in [-0.2, 0) is 4.74 Å². The molecule has 1 saturated heterocycles. The maximum absolute atomic E-state index is 9.84. The van der Waals surface area contributed by atoms with Crippen LogP contribution in [0.25, 0.3) is 11.5 Å². The van der Waals surface area contributed by atoms with E-state index in [9.17, 15) is 10.2 Å². The van der Waals surface area contributed by atoms with Crippen molar-refractivity contribution < 1.29 is 20.1 Å². The van der Waals surface area contributed by atoms with Gasteiger partial charge >= 0.3 is 0 Å². The minimum Gasteiger partial charge on any atom is -0.394 e. The van der Waals surface area contributed by atoms with Crippen molar-refractivity contribution in [2.75, 3.05) is 6.61 Å². The number of nitrogens with zero attached hydrogens (tertiary/aromatic N) is 5. The molecule has 19 heavy (non-hydrogen) atoms. The zero-order valence-corrected chi connectivity index (χ0v) is 9.66. The van der Waals surface area contributed by atoms with Gasteiger partial charge in [0.05, 0.1) is 12.8 Å². The average molecular weight is 268 g/mol. The third kappa shape index (κ3) is 2.00. The minimum atomic E-state index is -1.19. The zero-order valence-electron chi connectivity index (χ0n) is 9.66. The second-order valence-electron chi connectivity index (χ2n) is 4.13. The van der Waals surface area contributed by atoms with E-state index in [-0.39, 0.29) is 6.61 Å². The molecule has 2 aromatic rings. The van der Waals surface area contributed by atoms with Crippen molar-refractivity contribution in [1.29, 1.82) is 0 Å². The first kappa shape index (κ1) is 12.2. The van der Waals surface area contributed by atoms with Crippen molar-refractivity contribution in [2.45, 2.75) is 24.5 Å². The lowest BCUT2D eigenvalue weighted by Gasteiger charge is -2.13. The monoisotopic (exact) mass is 268 g/mol. The van der Waals surface area contributed by atoms with Gasteiger partial charge in [0.25, 0.3) is 0 Å². The van der Waals surface area contributed by atoms with Gasteiger partial charge in [-0.2, -0.15) is 15.4 Å². The summed E-state index contributed by atoms with van der Waals surface area (Å²) in [6.07, 6.45) is -1.31. The minimum absolute atomic E-state index is 0.312. The first-order valence-corrected chi connectivity index (χ1v) is 5.60. The molecule has 10 nitrogen and oxygen atoms in total. The molecular formula is C9H12N6O4. The van der Waals surface area contributed by atoms with E-state index in [1.54, 1.807) is 0 Å². The molecule has 0 aromatic carbocycles. The van der Waals surface area contributed by atoms with Crippen LogP contribution < -0.4 is 0 Å². The summed E-state index contributed by atoms with van der Waals surface area (Å²) >= 11 is 0. The molecule has 0 aliphatic carbocycles. The third-order valence-electron chi connectivity index (χ3n) is 2.93. The quantitative estimate of drug-likeness (QED) is 0.485. The number of H-pyrrole nitrogens is 1. The molecule has 1 fully saturated rings. The van der Waals surface area contributed by atoms with Crippen LogP contribution in [-0.4, -0.2) is 70.4 Å². The van der Waals surface area contributed by atoms with Crippen molar-refractivity contribution in [3.63, 3.8) is 0 Å². The maximum Gasteiger partial charge on any atom is 0.203 e. The molecule has 0 spiro atoms. The lowest BCUT2D eigenvalue weighted by atomic mass is 10.1. The largest absolute Gasteiger partial charge is 0.394 e. The molecule has 4 atom stereocenters. The Labute approximate surface area is 106 Å². The molecular weight excluding hydrogens is 256 g/mol. The van der Waals surface area contributed by atoms with Gasteiger partial charge < -0.3 is 20.1 Å². The van der Waals surface area contributed by atoms with E-state index in [0.717, 1.165) is 0 Å². The highest BCUT2D eigenvalue weighted by atomic mass is 16.6. The number of aromatic amines is 1. The molecule has 102 valence electrons. The predicted octanol–water partition coefficient (Wildman–Crippen LogP) is -2.33. The van der Waals surface area contributed by atoms with E-state index < -0.39 is 24.5 Å². The molecule has 3 rings (SSSR count). The summed E-state index contributed by atoms with van der Waals surface area (Å²) in [5.74, 6) is 0.312. The number of hydrogen-bond acceptors (Lipinski definition) is 8. The molecule has 1 aliphatic rings. The average Bonchev–Trinajstić information content (AvgIpc) is 3.12. The Bertz CT molecular complexity index is 543. The van der Waals surface area contributed by atoms with Gasteiger partial charge in [-0.1, -0.05) is 0 Å². The van der Waals surface area contributed by atoms with Gasteiger partial charge in [-0.3, -0.25) is 0 Å². The standard InChI is InChI=1S/C9H12N6O4/c16-2-5-6(17)7(18)9(19-5)15-3-10-8(13-15)4-1-11-14-12-4/h1,3,5-7,9,16-18H,2H2,(H,11,12,14)/t5-,6?,7+,9-/m1/s1. The molecule has 10 heteroatoms. The van der Waals surface area contributed by atoms with Gasteiger partial charge in [0.15, 0.2) is 11.9 Å². The Morgan fingerprint density at radius 2 is 2.21 bits per heavy atom. The number of nitrogens with one attached hydrogen (secondary N) is 1. The first-order valence-electron chi connectivity index (χ1n) is 5.60. The Hall–Kier alpha value is -1.88. The summed E-state index contributed by atoms with van der Waals surface area (Å²) in [4.78, 5) is 4.01. The Balaban J connectivity index is 1.84. The number of aromatic nitrogens is 6. The van der Waals surface area contributed by atoms with Crippen LogP contribution in [0.3, 0.4) is 0 Å². The number of aliphatic hydroxyl groups is 3. The van der Waals surface area contributed by atoms with Gasteiger partial charge in [-0.05, 0) is 0 Å². The second-order valence-corrected chi connectivity index (χ2v) is 4.13. The highest BCUT2D eigenvalue weighted by molar-refractivity contribution is 5.44. The van der Waals surface area contributed by atoms with Crippen molar-refractivity contribution in [1.82, 2.24) is 30.2 Å². The zero-order chi connectivity index (χ0) is 13.4. The van der Waals surface area contributed by atoms with Crippen LogP contribution in [0.5, 0.6) is 0 Å². The molecule has 1 unspecified atom stereocenters. The van der Waals surface area contributed by atoms with E-state index in [2.05, 4.69) is 25.5 Å². The fourth-order valence-electron chi connectivity index (χ4n) is 1.92. The van der Waals surface area contributed by atoms with Crippen LogP contribution in [0.15, 0.2) is 12.5 Å². The summed E-state index contributed by atoms with van der Waals surface area (Å²) in [5, 5.41) is 42.5. The molecule has 3 heterocycles. The maximum atomic E-state index is 9.84. The van der Waals surface area contributed by atoms with Crippen LogP contribution in [0, 0.1) is 0 Å². The predicted molar refractivity (Wildman–Crippen MR) is 58.4 cm³/mol. The Morgan fingerprint density at radius 1 is 1.37 bits per heavy atom. The van der Waals surface area contributed by atoms with E-state index in [4.69, 9.17) is 9.84 Å². The van der Waals surface area contributed by atoms with Crippen molar-refractivity contribution in [3.05, 3.63) is 12.5 Å². The number of aliphatic hydroxyl groups excluding tert-OH is 3. The van der Waals surface area contributed by atoms with Gasteiger partial charge in [-0.25, -0.2) is 9.67 Å². The van der Waals surface area contributed by atoms with Gasteiger partial charge in [0.1, 0.15) is 24.6 Å². The Morgan fingerprint density at radius 3 is 2.84 bits per heavy atom. The number of hydrogen-bond donors (Lipinski definition) is 4. The van der Waals surface area contributed by atoms with Crippen molar-refractivity contribution in [3.8, 4) is 11.5 Å². The lowest BCUT2D eigenvalue weighted by molar-refractivity contribution is -0.0587. The fraction of sp³-hybridized carbons (Fsp3) is 0.556. The first-order chi connectivity index (χ1) is 9.20. The van der Waals surface area contributed by atoms with Gasteiger partial charge in [0.2, 0.25) is 5.82 Å². The van der Waals surface area contributed by atoms with E-state index in [1.165, 1.54) is 17.2 Å². The normalized spacial score (nSPS) is 30.9. The van der Waals surface area contributed by atoms with Gasteiger partial charge in [-0.15, -0.1) is 5.10 Å². The molecule has 1 aliphatic heterocycles. The van der Waals surface area contributed by atoms with Crippen LogP contribution >= 0.6 is 0 Å². The highest BCUT2D eigenvalue weighted by Gasteiger charge is 2.43. The van der Waals surface area contributed by atoms with Crippen LogP contribution in [0.4, 0.5) is 0 Å². The van der Waals surface area contributed by atoms with E-state index in [1.807, 2.05) is 0 Å². The third-order valence-corrected chi connectivity index (χ3v) is 2.93. The fourth-order valence-corrected chi connectivity index (χ4v) is 1.92. The second kappa shape index (κ2) is 4.66. The summed E-state index contributed by atoms with van der Waals surface area (Å²) in [7, 11) is 0. The molecule has 0 bridgehead atoms. The topological polar surface area (TPSA) is 142 Å². The summed E-state index contributed by atoms with van der Waals surface area (Å²) in [5.41, 5.74) is 0.450. The summed E-state index contributed by atoms with van der Waals surface area (Å²) < 4.78 is 6.59. The van der Waals surface area contributed by atoms with Crippen LogP contribution in [0.1, 0.15) is 6.23 Å². The highest BCUT2D eigenvalue weighted by Crippen LogP contribution is 2.28. The number of rotatable bonds is 3. The Kier molecular flexibility index (Phi) is 2.98. The molecule has 0 saturated carbocycles. The summed E-state index contributed by atoms with van der Waals surface area (Å²) in [6, 6.07) is 0. The molecule has 0 radical (unpaired) electrons. The van der Waals surface area contributed by atoms with Crippen molar-refractivity contribution >= 4 is 0 Å². The molecule has 2 aromatic heterocycles. The van der Waals surface area contributed by atoms with Gasteiger partial charge in [0, 0.05) is 0 Å².